The number of nitrogen functional groups attached to an aromatic ring is 1. The van der Waals surface area contributed by atoms with Gasteiger partial charge in [-0.05, 0) is 29.9 Å². The Morgan fingerprint density at radius 3 is 3.21 bits per heavy atom. The summed E-state index contributed by atoms with van der Waals surface area (Å²) < 4.78 is 0. The molecule has 0 saturated heterocycles. The average molecular weight is 276 g/mol. The second-order valence-electron chi connectivity index (χ2n) is 4.66. The van der Waals surface area contributed by atoms with E-state index in [4.69, 9.17) is 5.73 Å². The third kappa shape index (κ3) is 2.02. The van der Waals surface area contributed by atoms with Crippen LogP contribution in [-0.4, -0.2) is 27.5 Å². The Balaban J connectivity index is 1.83. The van der Waals surface area contributed by atoms with Crippen LogP contribution in [0.2, 0.25) is 0 Å². The lowest BCUT2D eigenvalue weighted by molar-refractivity contribution is 0.0731. The van der Waals surface area contributed by atoms with Gasteiger partial charge in [-0.2, -0.15) is 5.10 Å². The first-order valence-corrected chi connectivity index (χ1v) is 7.26. The van der Waals surface area contributed by atoms with E-state index in [2.05, 4.69) is 21.6 Å². The number of H-pyrrole nitrogens is 1. The van der Waals surface area contributed by atoms with Gasteiger partial charge in [-0.1, -0.05) is 6.92 Å². The van der Waals surface area contributed by atoms with Crippen molar-refractivity contribution in [2.75, 3.05) is 12.3 Å². The maximum atomic E-state index is 12.4. The van der Waals surface area contributed by atoms with Gasteiger partial charge in [0.05, 0.1) is 11.4 Å². The zero-order chi connectivity index (χ0) is 13.4. The summed E-state index contributed by atoms with van der Waals surface area (Å²) in [5.41, 5.74) is 8.88. The van der Waals surface area contributed by atoms with Crippen molar-refractivity contribution in [1.82, 2.24) is 15.1 Å². The molecular formula is C13H16N4OS. The predicted molar refractivity (Wildman–Crippen MR) is 75.1 cm³/mol. The Hall–Kier alpha value is -1.82. The molecule has 1 amide bonds. The lowest BCUT2D eigenvalue weighted by Crippen LogP contribution is -2.35. The number of rotatable bonds is 2. The molecule has 19 heavy (non-hydrogen) atoms. The number of amides is 1. The highest BCUT2D eigenvalue weighted by Gasteiger charge is 2.26. The molecule has 0 unspecified atom stereocenters. The van der Waals surface area contributed by atoms with Gasteiger partial charge < -0.3 is 10.6 Å². The van der Waals surface area contributed by atoms with Gasteiger partial charge in [0.25, 0.3) is 5.91 Å². The minimum Gasteiger partial charge on any atom is -0.395 e. The summed E-state index contributed by atoms with van der Waals surface area (Å²) in [4.78, 5) is 15.7. The van der Waals surface area contributed by atoms with Crippen molar-refractivity contribution < 1.29 is 4.79 Å². The summed E-state index contributed by atoms with van der Waals surface area (Å²) >= 11 is 1.76. The summed E-state index contributed by atoms with van der Waals surface area (Å²) in [6.07, 6.45) is 1.67. The number of aromatic nitrogens is 2. The molecule has 0 spiro atoms. The lowest BCUT2D eigenvalue weighted by atomic mass is 10.1. The number of thiophene rings is 1. The molecule has 2 aromatic rings. The van der Waals surface area contributed by atoms with E-state index in [0.717, 1.165) is 25.1 Å². The van der Waals surface area contributed by atoms with Gasteiger partial charge in [-0.25, -0.2) is 0 Å². The van der Waals surface area contributed by atoms with E-state index in [1.54, 1.807) is 11.3 Å². The second-order valence-corrected chi connectivity index (χ2v) is 5.66. The van der Waals surface area contributed by atoms with Crippen LogP contribution < -0.4 is 5.73 Å². The first-order chi connectivity index (χ1) is 9.20. The zero-order valence-electron chi connectivity index (χ0n) is 10.8. The van der Waals surface area contributed by atoms with Crippen LogP contribution in [0.25, 0.3) is 0 Å². The van der Waals surface area contributed by atoms with Gasteiger partial charge in [-0.3, -0.25) is 9.89 Å². The minimum absolute atomic E-state index is 0.0784. The van der Waals surface area contributed by atoms with Gasteiger partial charge in [0.15, 0.2) is 5.69 Å². The fourth-order valence-electron chi connectivity index (χ4n) is 2.39. The van der Waals surface area contributed by atoms with Gasteiger partial charge >= 0.3 is 0 Å². The third-order valence-electron chi connectivity index (χ3n) is 3.53. The van der Waals surface area contributed by atoms with E-state index in [1.165, 1.54) is 10.4 Å². The van der Waals surface area contributed by atoms with Crippen molar-refractivity contribution in [3.63, 3.8) is 0 Å². The highest BCUT2D eigenvalue weighted by atomic mass is 32.1. The number of aryl methyl sites for hydroxylation is 1. The number of nitrogens with two attached hydrogens (primary N) is 1. The van der Waals surface area contributed by atoms with E-state index in [-0.39, 0.29) is 5.91 Å². The molecule has 3 heterocycles. The van der Waals surface area contributed by atoms with Crippen LogP contribution in [0.1, 0.15) is 33.5 Å². The third-order valence-corrected chi connectivity index (χ3v) is 4.56. The Kier molecular flexibility index (Phi) is 3.02. The van der Waals surface area contributed by atoms with E-state index in [0.29, 0.717) is 17.9 Å². The van der Waals surface area contributed by atoms with Crippen molar-refractivity contribution in [1.29, 1.82) is 0 Å². The fraction of sp³-hybridized carbons (Fsp3) is 0.385. The van der Waals surface area contributed by atoms with Crippen LogP contribution in [0.3, 0.4) is 0 Å². The molecule has 0 bridgehead atoms. The summed E-state index contributed by atoms with van der Waals surface area (Å²) in [5, 5.41) is 8.98. The Morgan fingerprint density at radius 2 is 2.47 bits per heavy atom. The molecule has 100 valence electrons. The maximum absolute atomic E-state index is 12.4. The Bertz CT molecular complexity index is 616. The SMILES string of the molecule is CCc1[nH]nc(C(=O)N2CCc3sccc3C2)c1N. The predicted octanol–water partition coefficient (Wildman–Crippen LogP) is 1.81. The molecular weight excluding hydrogens is 260 g/mol. The second kappa shape index (κ2) is 4.70. The van der Waals surface area contributed by atoms with Crippen molar-refractivity contribution in [2.45, 2.75) is 26.3 Å². The highest BCUT2D eigenvalue weighted by Crippen LogP contribution is 2.26. The standard InChI is InChI=1S/C13H16N4OS/c1-2-9-11(14)12(16-15-9)13(18)17-5-3-10-8(7-17)4-6-19-10/h4,6H,2-3,5,7,14H2,1H3,(H,15,16). The fourth-order valence-corrected chi connectivity index (χ4v) is 3.28. The average Bonchev–Trinajstić information content (AvgIpc) is 3.03. The van der Waals surface area contributed by atoms with Crippen molar-refractivity contribution in [3.8, 4) is 0 Å². The molecule has 2 aromatic heterocycles. The van der Waals surface area contributed by atoms with E-state index in [9.17, 15) is 4.79 Å². The molecule has 0 atom stereocenters. The smallest absolute Gasteiger partial charge is 0.276 e. The van der Waals surface area contributed by atoms with Gasteiger partial charge in [0, 0.05) is 18.0 Å². The van der Waals surface area contributed by atoms with Gasteiger partial charge in [-0.15, -0.1) is 11.3 Å². The van der Waals surface area contributed by atoms with Crippen LogP contribution in [-0.2, 0) is 19.4 Å². The van der Waals surface area contributed by atoms with E-state index < -0.39 is 0 Å². The van der Waals surface area contributed by atoms with Crippen molar-refractivity contribution >= 4 is 22.9 Å². The summed E-state index contributed by atoms with van der Waals surface area (Å²) in [6.45, 7) is 3.38. The number of hydrogen-bond acceptors (Lipinski definition) is 4. The number of nitrogens with zero attached hydrogens (tertiary/aromatic N) is 2. The summed E-state index contributed by atoms with van der Waals surface area (Å²) in [6, 6.07) is 2.09. The summed E-state index contributed by atoms with van der Waals surface area (Å²) in [7, 11) is 0. The van der Waals surface area contributed by atoms with Crippen LogP contribution in [0, 0.1) is 0 Å². The molecule has 0 aromatic carbocycles. The molecule has 0 aliphatic carbocycles. The molecule has 1 aliphatic rings. The van der Waals surface area contributed by atoms with Gasteiger partial charge in [0.2, 0.25) is 0 Å². The molecule has 3 N–H and O–H groups in total. The first kappa shape index (κ1) is 12.2. The molecule has 1 aliphatic heterocycles. The van der Waals surface area contributed by atoms with E-state index >= 15 is 0 Å². The number of carbonyl (C=O) groups excluding carboxylic acids is 1. The quantitative estimate of drug-likeness (QED) is 0.878. The van der Waals surface area contributed by atoms with Gasteiger partial charge in [0.1, 0.15) is 0 Å². The molecule has 3 rings (SSSR count). The largest absolute Gasteiger partial charge is 0.395 e. The summed E-state index contributed by atoms with van der Waals surface area (Å²) in [5.74, 6) is -0.0784. The Morgan fingerprint density at radius 1 is 1.63 bits per heavy atom. The molecule has 0 saturated carbocycles. The normalized spacial score (nSPS) is 14.5. The number of anilines is 1. The molecule has 5 nitrogen and oxygen atoms in total. The monoisotopic (exact) mass is 276 g/mol. The number of hydrogen-bond donors (Lipinski definition) is 2. The van der Waals surface area contributed by atoms with Crippen LogP contribution in [0.5, 0.6) is 0 Å². The van der Waals surface area contributed by atoms with Crippen LogP contribution in [0.4, 0.5) is 5.69 Å². The van der Waals surface area contributed by atoms with E-state index in [1.807, 2.05) is 11.8 Å². The van der Waals surface area contributed by atoms with Crippen molar-refractivity contribution in [3.05, 3.63) is 33.3 Å². The number of aromatic amines is 1. The maximum Gasteiger partial charge on any atom is 0.276 e. The number of carbonyl (C=O) groups is 1. The first-order valence-electron chi connectivity index (χ1n) is 6.38. The molecule has 6 heteroatoms. The number of nitrogens with one attached hydrogen (secondary N) is 1. The minimum atomic E-state index is -0.0784. The topological polar surface area (TPSA) is 75.0 Å². The lowest BCUT2D eigenvalue weighted by Gasteiger charge is -2.26. The Labute approximate surface area is 115 Å². The van der Waals surface area contributed by atoms with Crippen LogP contribution in [0.15, 0.2) is 11.4 Å². The molecule has 0 radical (unpaired) electrons. The highest BCUT2D eigenvalue weighted by molar-refractivity contribution is 7.10. The number of fused-ring (bicyclic) bond motifs is 1. The zero-order valence-corrected chi connectivity index (χ0v) is 11.6. The van der Waals surface area contributed by atoms with Crippen LogP contribution >= 0.6 is 11.3 Å². The molecule has 0 fully saturated rings. The van der Waals surface area contributed by atoms with Crippen molar-refractivity contribution in [2.24, 2.45) is 0 Å².